The fourth-order valence-electron chi connectivity index (χ4n) is 1.40. The number of amidine groups is 1. The summed E-state index contributed by atoms with van der Waals surface area (Å²) >= 11 is 3.02. The Labute approximate surface area is 112 Å². The molecule has 0 heterocycles. The number of hydrogen-bond acceptors (Lipinski definition) is 3. The first-order chi connectivity index (χ1) is 8.49. The van der Waals surface area contributed by atoms with Gasteiger partial charge in [-0.3, -0.25) is 4.79 Å². The van der Waals surface area contributed by atoms with Crippen molar-refractivity contribution in [1.82, 2.24) is 0 Å². The van der Waals surface area contributed by atoms with Gasteiger partial charge in [0.1, 0.15) is 5.82 Å². The van der Waals surface area contributed by atoms with Gasteiger partial charge in [-0.25, -0.2) is 4.39 Å². The summed E-state index contributed by atoms with van der Waals surface area (Å²) in [7, 11) is 0. The molecule has 0 aliphatic heterocycles. The van der Waals surface area contributed by atoms with E-state index in [9.17, 15) is 9.18 Å². The van der Waals surface area contributed by atoms with Crippen molar-refractivity contribution in [3.05, 3.63) is 28.5 Å². The lowest BCUT2D eigenvalue weighted by Crippen LogP contribution is -2.34. The number of hydrogen-bond donors (Lipinski definition) is 3. The van der Waals surface area contributed by atoms with Crippen LogP contribution in [0.2, 0.25) is 0 Å². The van der Waals surface area contributed by atoms with Crippen molar-refractivity contribution in [2.75, 3.05) is 5.32 Å². The SMILES string of the molecule is CCC(C(=O)Nc1ccc(F)c(Br)c1)/C(N)=N/O. The Morgan fingerprint density at radius 3 is 2.83 bits per heavy atom. The summed E-state index contributed by atoms with van der Waals surface area (Å²) in [4.78, 5) is 11.8. The van der Waals surface area contributed by atoms with Crippen molar-refractivity contribution >= 4 is 33.4 Å². The highest BCUT2D eigenvalue weighted by molar-refractivity contribution is 9.10. The third-order valence-electron chi connectivity index (χ3n) is 2.38. The maximum atomic E-state index is 13.0. The van der Waals surface area contributed by atoms with E-state index in [0.717, 1.165) is 0 Å². The molecule has 1 rings (SSSR count). The molecule has 0 radical (unpaired) electrons. The lowest BCUT2D eigenvalue weighted by atomic mass is 10.0. The maximum Gasteiger partial charge on any atom is 0.235 e. The van der Waals surface area contributed by atoms with E-state index in [-0.39, 0.29) is 10.3 Å². The second-order valence-electron chi connectivity index (χ2n) is 3.60. The van der Waals surface area contributed by atoms with Crippen LogP contribution < -0.4 is 11.1 Å². The number of anilines is 1. The molecular weight excluding hydrogens is 305 g/mol. The van der Waals surface area contributed by atoms with Crippen LogP contribution in [0.1, 0.15) is 13.3 Å². The zero-order valence-corrected chi connectivity index (χ0v) is 11.2. The summed E-state index contributed by atoms with van der Waals surface area (Å²) in [6.45, 7) is 1.74. The van der Waals surface area contributed by atoms with E-state index >= 15 is 0 Å². The molecule has 0 spiro atoms. The molecule has 0 aromatic heterocycles. The monoisotopic (exact) mass is 317 g/mol. The van der Waals surface area contributed by atoms with Gasteiger partial charge in [-0.1, -0.05) is 12.1 Å². The average molecular weight is 318 g/mol. The van der Waals surface area contributed by atoms with Crippen molar-refractivity contribution in [2.24, 2.45) is 16.8 Å². The van der Waals surface area contributed by atoms with E-state index in [1.807, 2.05) is 0 Å². The molecule has 5 nitrogen and oxygen atoms in total. The molecule has 1 aromatic rings. The van der Waals surface area contributed by atoms with Crippen LogP contribution in [0, 0.1) is 11.7 Å². The van der Waals surface area contributed by atoms with Crippen LogP contribution in [0.4, 0.5) is 10.1 Å². The van der Waals surface area contributed by atoms with Crippen molar-refractivity contribution in [1.29, 1.82) is 0 Å². The summed E-state index contributed by atoms with van der Waals surface area (Å²) in [5, 5.41) is 13.9. The summed E-state index contributed by atoms with van der Waals surface area (Å²) in [6.07, 6.45) is 0.393. The molecule has 1 amide bonds. The third kappa shape index (κ3) is 3.43. The Balaban J connectivity index is 2.83. The first kappa shape index (κ1) is 14.4. The number of nitrogens with one attached hydrogen (secondary N) is 1. The molecule has 0 aliphatic rings. The first-order valence-corrected chi connectivity index (χ1v) is 6.02. The molecule has 1 unspecified atom stereocenters. The van der Waals surface area contributed by atoms with Gasteiger partial charge in [0.2, 0.25) is 5.91 Å². The molecule has 0 fully saturated rings. The fraction of sp³-hybridized carbons (Fsp3) is 0.273. The van der Waals surface area contributed by atoms with Crippen molar-refractivity contribution in [2.45, 2.75) is 13.3 Å². The largest absolute Gasteiger partial charge is 0.409 e. The van der Waals surface area contributed by atoms with Gasteiger partial charge in [-0.15, -0.1) is 0 Å². The number of halogens is 2. The molecule has 0 saturated heterocycles. The Morgan fingerprint density at radius 1 is 1.67 bits per heavy atom. The number of rotatable bonds is 4. The van der Waals surface area contributed by atoms with Crippen molar-refractivity contribution in [3.63, 3.8) is 0 Å². The maximum absolute atomic E-state index is 13.0. The van der Waals surface area contributed by atoms with E-state index in [4.69, 9.17) is 10.9 Å². The van der Waals surface area contributed by atoms with E-state index in [0.29, 0.717) is 12.1 Å². The Kier molecular flexibility index (Phi) is 5.08. The average Bonchev–Trinajstić information content (AvgIpc) is 2.34. The van der Waals surface area contributed by atoms with E-state index in [1.165, 1.54) is 18.2 Å². The second-order valence-corrected chi connectivity index (χ2v) is 4.46. The van der Waals surface area contributed by atoms with Crippen molar-refractivity contribution < 1.29 is 14.4 Å². The minimum Gasteiger partial charge on any atom is -0.409 e. The molecule has 98 valence electrons. The molecule has 0 bridgehead atoms. The molecular formula is C11H13BrFN3O2. The van der Waals surface area contributed by atoms with Crippen LogP contribution >= 0.6 is 15.9 Å². The van der Waals surface area contributed by atoms with Crippen LogP contribution in [0.25, 0.3) is 0 Å². The summed E-state index contributed by atoms with van der Waals surface area (Å²) in [5.41, 5.74) is 5.83. The summed E-state index contributed by atoms with van der Waals surface area (Å²) in [5.74, 6) is -1.71. The molecule has 1 atom stereocenters. The molecule has 7 heteroatoms. The topological polar surface area (TPSA) is 87.7 Å². The summed E-state index contributed by atoms with van der Waals surface area (Å²) in [6, 6.07) is 4.09. The predicted molar refractivity (Wildman–Crippen MR) is 69.9 cm³/mol. The standard InChI is InChI=1S/C11H13BrFN3O2/c1-2-7(10(14)16-18)11(17)15-6-3-4-9(13)8(12)5-6/h3-5,7,18H,2H2,1H3,(H2,14,16)(H,15,17). The van der Waals surface area contributed by atoms with E-state index in [2.05, 4.69) is 26.4 Å². The Morgan fingerprint density at radius 2 is 2.33 bits per heavy atom. The normalized spacial score (nSPS) is 13.2. The summed E-state index contributed by atoms with van der Waals surface area (Å²) < 4.78 is 13.3. The van der Waals surface area contributed by atoms with E-state index in [1.54, 1.807) is 6.92 Å². The highest BCUT2D eigenvalue weighted by atomic mass is 79.9. The highest BCUT2D eigenvalue weighted by Crippen LogP contribution is 2.20. The number of amides is 1. The molecule has 4 N–H and O–H groups in total. The van der Waals surface area contributed by atoms with Gasteiger partial charge in [-0.05, 0) is 40.5 Å². The highest BCUT2D eigenvalue weighted by Gasteiger charge is 2.21. The minimum atomic E-state index is -0.723. The molecule has 0 aliphatic carbocycles. The van der Waals surface area contributed by atoms with Gasteiger partial charge in [-0.2, -0.15) is 0 Å². The van der Waals surface area contributed by atoms with Crippen LogP contribution in [0.5, 0.6) is 0 Å². The lowest BCUT2D eigenvalue weighted by molar-refractivity contribution is -0.118. The van der Waals surface area contributed by atoms with Gasteiger partial charge < -0.3 is 16.3 Å². The minimum absolute atomic E-state index is 0.156. The third-order valence-corrected chi connectivity index (χ3v) is 2.99. The van der Waals surface area contributed by atoms with Crippen LogP contribution in [0.15, 0.2) is 27.8 Å². The molecule has 18 heavy (non-hydrogen) atoms. The fourth-order valence-corrected chi connectivity index (χ4v) is 1.78. The number of nitrogens with zero attached hydrogens (tertiary/aromatic N) is 1. The Bertz CT molecular complexity index is 479. The van der Waals surface area contributed by atoms with Gasteiger partial charge in [0.25, 0.3) is 0 Å². The van der Waals surface area contributed by atoms with Crippen molar-refractivity contribution in [3.8, 4) is 0 Å². The van der Waals surface area contributed by atoms with E-state index < -0.39 is 17.6 Å². The van der Waals surface area contributed by atoms with Gasteiger partial charge in [0.15, 0.2) is 5.84 Å². The first-order valence-electron chi connectivity index (χ1n) is 5.23. The van der Waals surface area contributed by atoms with Gasteiger partial charge in [0, 0.05) is 5.69 Å². The number of carbonyl (C=O) groups is 1. The van der Waals surface area contributed by atoms with Gasteiger partial charge in [0.05, 0.1) is 10.4 Å². The number of oxime groups is 1. The zero-order chi connectivity index (χ0) is 13.7. The predicted octanol–water partition coefficient (Wildman–Crippen LogP) is 2.30. The molecule has 0 saturated carbocycles. The quantitative estimate of drug-likeness (QED) is 0.344. The second kappa shape index (κ2) is 6.34. The number of nitrogens with two attached hydrogens (primary N) is 1. The number of benzene rings is 1. The smallest absolute Gasteiger partial charge is 0.235 e. The van der Waals surface area contributed by atoms with Crippen LogP contribution in [-0.4, -0.2) is 17.0 Å². The van der Waals surface area contributed by atoms with Gasteiger partial charge >= 0.3 is 0 Å². The molecule has 1 aromatic carbocycles. The van der Waals surface area contributed by atoms with Crippen LogP contribution in [-0.2, 0) is 4.79 Å². The number of carbonyl (C=O) groups excluding carboxylic acids is 1. The zero-order valence-electron chi connectivity index (χ0n) is 9.65. The van der Waals surface area contributed by atoms with Crippen LogP contribution in [0.3, 0.4) is 0 Å². The lowest BCUT2D eigenvalue weighted by Gasteiger charge is -2.13. The Hall–Kier alpha value is -1.63.